The number of anilines is 1. The Morgan fingerprint density at radius 3 is 2.70 bits per heavy atom. The van der Waals surface area contributed by atoms with E-state index >= 15 is 0 Å². The van der Waals surface area contributed by atoms with E-state index in [2.05, 4.69) is 19.9 Å². The molecule has 1 saturated heterocycles. The Bertz CT molecular complexity index is 1470. The lowest BCUT2D eigenvalue weighted by Gasteiger charge is -2.41. The molecule has 4 heterocycles. The lowest BCUT2D eigenvalue weighted by molar-refractivity contribution is 0.0430. The summed E-state index contributed by atoms with van der Waals surface area (Å²) >= 11 is 7.98. The summed E-state index contributed by atoms with van der Waals surface area (Å²) in [6.45, 7) is 2.83. The van der Waals surface area contributed by atoms with E-state index in [1.165, 1.54) is 24.9 Å². The van der Waals surface area contributed by atoms with Crippen LogP contribution in [-0.2, 0) is 0 Å². The molecule has 37 heavy (non-hydrogen) atoms. The number of nitrogens with two attached hydrogens (primary N) is 1. The first-order chi connectivity index (χ1) is 17.9. The molecule has 0 unspecified atom stereocenters. The summed E-state index contributed by atoms with van der Waals surface area (Å²) in [5.74, 6) is 1.73. The average Bonchev–Trinajstić information content (AvgIpc) is 3.53. The molecule has 188 valence electrons. The minimum atomic E-state index is -0.440. The Kier molecular flexibility index (Phi) is 6.14. The van der Waals surface area contributed by atoms with E-state index in [1.807, 2.05) is 42.5 Å². The molecule has 10 heteroatoms. The van der Waals surface area contributed by atoms with Gasteiger partial charge in [-0.2, -0.15) is 0 Å². The number of ketones is 1. The molecule has 0 saturated carbocycles. The molecule has 6 rings (SSSR count). The number of fused-ring (bicyclic) bond motifs is 1. The van der Waals surface area contributed by atoms with Crippen LogP contribution in [0.3, 0.4) is 0 Å². The Hall–Kier alpha value is -3.40. The number of carbonyl (C=O) groups excluding carboxylic acids is 1. The zero-order valence-corrected chi connectivity index (χ0v) is 21.6. The van der Waals surface area contributed by atoms with Gasteiger partial charge in [0.1, 0.15) is 28.3 Å². The van der Waals surface area contributed by atoms with Crippen LogP contribution in [0.1, 0.15) is 41.9 Å². The zero-order valence-electron chi connectivity index (χ0n) is 20.1. The monoisotopic (exact) mass is 533 g/mol. The number of hydrogen-bond donors (Lipinski definition) is 1. The molecule has 2 aliphatic heterocycles. The second-order valence-electron chi connectivity index (χ2n) is 9.16. The molecule has 0 aliphatic carbocycles. The first-order valence-corrected chi connectivity index (χ1v) is 13.2. The smallest absolute Gasteiger partial charge is 0.227 e. The Morgan fingerprint density at radius 2 is 1.97 bits per heavy atom. The van der Waals surface area contributed by atoms with Crippen molar-refractivity contribution in [3.8, 4) is 17.2 Å². The summed E-state index contributed by atoms with van der Waals surface area (Å²) in [4.78, 5) is 29.0. The number of rotatable bonds is 5. The van der Waals surface area contributed by atoms with Crippen LogP contribution in [0, 0.1) is 0 Å². The number of oxazole rings is 1. The lowest BCUT2D eigenvalue weighted by atomic mass is 9.83. The standard InChI is InChI=1S/C27H24ClN5O3S/c1-16(34)23-25(33-12-9-27(10-13-33)24(29)17-5-2-3-7-19(17)36-27)31-15-21(32-23)37-20-8-4-6-18(22(20)28)26-30-11-14-35-26/h2-8,11,14-15,24H,9-10,12-13,29H2,1H3/t24-/m1/s1. The van der Waals surface area contributed by atoms with Gasteiger partial charge in [0.15, 0.2) is 11.6 Å². The third kappa shape index (κ3) is 4.27. The van der Waals surface area contributed by atoms with Crippen LogP contribution in [0.2, 0.25) is 5.02 Å². The van der Waals surface area contributed by atoms with Crippen molar-refractivity contribution in [1.29, 1.82) is 0 Å². The minimum absolute atomic E-state index is 0.147. The van der Waals surface area contributed by atoms with Crippen molar-refractivity contribution < 1.29 is 13.9 Å². The van der Waals surface area contributed by atoms with Crippen molar-refractivity contribution >= 4 is 35.0 Å². The van der Waals surface area contributed by atoms with Gasteiger partial charge in [-0.15, -0.1) is 0 Å². The number of halogens is 1. The maximum absolute atomic E-state index is 12.6. The Labute approximate surface area is 223 Å². The van der Waals surface area contributed by atoms with Crippen molar-refractivity contribution in [2.45, 2.75) is 41.3 Å². The predicted octanol–water partition coefficient (Wildman–Crippen LogP) is 5.57. The van der Waals surface area contributed by atoms with E-state index in [-0.39, 0.29) is 11.8 Å². The van der Waals surface area contributed by atoms with E-state index in [9.17, 15) is 4.79 Å². The van der Waals surface area contributed by atoms with Gasteiger partial charge in [-0.3, -0.25) is 4.79 Å². The molecule has 1 fully saturated rings. The quantitative estimate of drug-likeness (QED) is 0.329. The second-order valence-corrected chi connectivity index (χ2v) is 10.6. The molecule has 0 amide bonds. The third-order valence-corrected chi connectivity index (χ3v) is 8.43. The zero-order chi connectivity index (χ0) is 25.6. The molecule has 2 aromatic carbocycles. The third-order valence-electron chi connectivity index (χ3n) is 6.95. The highest BCUT2D eigenvalue weighted by molar-refractivity contribution is 7.99. The van der Waals surface area contributed by atoms with Gasteiger partial charge in [-0.05, 0) is 18.2 Å². The van der Waals surface area contributed by atoms with Gasteiger partial charge in [0.25, 0.3) is 0 Å². The van der Waals surface area contributed by atoms with Gasteiger partial charge in [0.2, 0.25) is 5.89 Å². The summed E-state index contributed by atoms with van der Waals surface area (Å²) in [5.41, 5.74) is 8.24. The molecule has 2 aliphatic rings. The summed E-state index contributed by atoms with van der Waals surface area (Å²) in [5, 5.41) is 1.07. The minimum Gasteiger partial charge on any atom is -0.485 e. The molecule has 1 spiro atoms. The largest absolute Gasteiger partial charge is 0.485 e. The van der Waals surface area contributed by atoms with E-state index < -0.39 is 5.60 Å². The summed E-state index contributed by atoms with van der Waals surface area (Å²) < 4.78 is 11.8. The number of aromatic nitrogens is 3. The molecule has 4 aromatic rings. The first-order valence-electron chi connectivity index (χ1n) is 12.0. The van der Waals surface area contributed by atoms with Gasteiger partial charge in [-0.1, -0.05) is 47.6 Å². The SMILES string of the molecule is CC(=O)c1nc(Sc2cccc(-c3ncco3)c2Cl)cnc1N1CCC2(CC1)Oc1ccccc1[C@H]2N. The lowest BCUT2D eigenvalue weighted by Crippen LogP contribution is -2.51. The highest BCUT2D eigenvalue weighted by atomic mass is 35.5. The number of benzene rings is 2. The normalized spacial score (nSPS) is 18.0. The van der Waals surface area contributed by atoms with Crippen LogP contribution in [0.25, 0.3) is 11.5 Å². The van der Waals surface area contributed by atoms with Gasteiger partial charge in [0.05, 0.1) is 29.0 Å². The number of carbonyl (C=O) groups is 1. The second kappa shape index (κ2) is 9.48. The van der Waals surface area contributed by atoms with E-state index in [1.54, 1.807) is 12.4 Å². The summed E-state index contributed by atoms with van der Waals surface area (Å²) in [6.07, 6.45) is 6.20. The molecule has 1 atom stereocenters. The van der Waals surface area contributed by atoms with E-state index in [0.717, 1.165) is 29.1 Å². The van der Waals surface area contributed by atoms with Gasteiger partial charge in [0, 0.05) is 43.3 Å². The maximum atomic E-state index is 12.6. The molecular weight excluding hydrogens is 510 g/mol. The number of piperidine rings is 1. The van der Waals surface area contributed by atoms with Crippen LogP contribution in [0.5, 0.6) is 5.75 Å². The number of Topliss-reactive ketones (excluding diaryl/α,β-unsaturated/α-hetero) is 1. The van der Waals surface area contributed by atoms with Crippen molar-refractivity contribution in [3.05, 3.63) is 77.4 Å². The first kappa shape index (κ1) is 24.0. The number of hydrogen-bond acceptors (Lipinski definition) is 9. The fraction of sp³-hybridized carbons (Fsp3) is 0.259. The topological polar surface area (TPSA) is 107 Å². The van der Waals surface area contributed by atoms with Gasteiger partial charge >= 0.3 is 0 Å². The van der Waals surface area contributed by atoms with Crippen LogP contribution in [0.15, 0.2) is 75.5 Å². The maximum Gasteiger partial charge on any atom is 0.227 e. The molecule has 2 aromatic heterocycles. The number of nitrogens with zero attached hydrogens (tertiary/aromatic N) is 4. The van der Waals surface area contributed by atoms with Crippen molar-refractivity contribution in [1.82, 2.24) is 15.0 Å². The van der Waals surface area contributed by atoms with E-state index in [4.69, 9.17) is 26.5 Å². The van der Waals surface area contributed by atoms with Crippen molar-refractivity contribution in [2.75, 3.05) is 18.0 Å². The Balaban J connectivity index is 1.22. The average molecular weight is 534 g/mol. The van der Waals surface area contributed by atoms with Gasteiger partial charge < -0.3 is 19.8 Å². The van der Waals surface area contributed by atoms with Crippen LogP contribution in [-0.4, -0.2) is 39.4 Å². The fourth-order valence-corrected chi connectivity index (χ4v) is 6.15. The fourth-order valence-electron chi connectivity index (χ4n) is 5.01. The molecule has 0 bridgehead atoms. The van der Waals surface area contributed by atoms with Crippen LogP contribution >= 0.6 is 23.4 Å². The van der Waals surface area contributed by atoms with Crippen molar-refractivity contribution in [2.24, 2.45) is 5.73 Å². The molecule has 2 N–H and O–H groups in total. The van der Waals surface area contributed by atoms with Crippen LogP contribution < -0.4 is 15.4 Å². The number of para-hydroxylation sites is 1. The Morgan fingerprint density at radius 1 is 1.16 bits per heavy atom. The molecule has 0 radical (unpaired) electrons. The van der Waals surface area contributed by atoms with Crippen LogP contribution in [0.4, 0.5) is 5.82 Å². The summed E-state index contributed by atoms with van der Waals surface area (Å²) in [7, 11) is 0. The highest BCUT2D eigenvalue weighted by Gasteiger charge is 2.48. The van der Waals surface area contributed by atoms with Crippen molar-refractivity contribution in [3.63, 3.8) is 0 Å². The predicted molar refractivity (Wildman–Crippen MR) is 141 cm³/mol. The summed E-state index contributed by atoms with van der Waals surface area (Å²) in [6, 6.07) is 13.4. The molecular formula is C27H24ClN5O3S. The molecule has 8 nitrogen and oxygen atoms in total. The van der Waals surface area contributed by atoms with Gasteiger partial charge in [-0.25, -0.2) is 15.0 Å². The number of ether oxygens (including phenoxy) is 1. The highest BCUT2D eigenvalue weighted by Crippen LogP contribution is 2.47. The van der Waals surface area contributed by atoms with E-state index in [0.29, 0.717) is 46.1 Å².